The highest BCUT2D eigenvalue weighted by molar-refractivity contribution is 5.65. The van der Waals surface area contributed by atoms with Crippen LogP contribution < -0.4 is 0 Å². The molecule has 9 heteroatoms. The van der Waals surface area contributed by atoms with Gasteiger partial charge in [0.05, 0.1) is 11.1 Å². The van der Waals surface area contributed by atoms with Gasteiger partial charge in [-0.25, -0.2) is 9.37 Å². The molecular weight excluding hydrogens is 316 g/mol. The first-order valence-corrected chi connectivity index (χ1v) is 6.29. The number of hydrogen-bond donors (Lipinski definition) is 2. The molecule has 0 saturated carbocycles. The average molecular weight is 324 g/mol. The number of phenols is 1. The van der Waals surface area contributed by atoms with Crippen LogP contribution in [0.1, 0.15) is 5.56 Å². The molecule has 0 saturated heterocycles. The normalized spacial score (nSPS) is 11.7. The Hall–Kier alpha value is -2.97. The van der Waals surface area contributed by atoms with E-state index in [2.05, 4.69) is 20.2 Å². The van der Waals surface area contributed by atoms with Gasteiger partial charge in [-0.2, -0.15) is 18.3 Å². The lowest BCUT2D eigenvalue weighted by Crippen LogP contribution is -2.05. The maximum Gasteiger partial charge on any atom is 0.417 e. The van der Waals surface area contributed by atoms with Gasteiger partial charge in [-0.05, 0) is 30.3 Å². The Kier molecular flexibility index (Phi) is 3.47. The molecule has 2 heterocycles. The van der Waals surface area contributed by atoms with Gasteiger partial charge < -0.3 is 5.11 Å². The molecule has 0 aliphatic heterocycles. The van der Waals surface area contributed by atoms with E-state index in [9.17, 15) is 22.7 Å². The van der Waals surface area contributed by atoms with Gasteiger partial charge >= 0.3 is 6.18 Å². The summed E-state index contributed by atoms with van der Waals surface area (Å²) in [5, 5.41) is 16.0. The first-order chi connectivity index (χ1) is 10.8. The maximum absolute atomic E-state index is 13.2. The molecular formula is C14H8F4N4O. The molecule has 0 amide bonds. The summed E-state index contributed by atoms with van der Waals surface area (Å²) in [6, 6.07) is 5.27. The number of alkyl halides is 3. The van der Waals surface area contributed by atoms with Crippen LogP contribution in [0.4, 0.5) is 17.6 Å². The lowest BCUT2D eigenvalue weighted by Gasteiger charge is -2.05. The van der Waals surface area contributed by atoms with Crippen LogP contribution in [0.15, 0.2) is 36.5 Å². The van der Waals surface area contributed by atoms with E-state index in [1.54, 1.807) is 0 Å². The molecule has 0 radical (unpaired) electrons. The van der Waals surface area contributed by atoms with Gasteiger partial charge in [0.15, 0.2) is 11.6 Å². The number of aromatic hydroxyl groups is 1. The Morgan fingerprint density at radius 1 is 1.09 bits per heavy atom. The molecule has 2 N–H and O–H groups in total. The topological polar surface area (TPSA) is 74.7 Å². The van der Waals surface area contributed by atoms with E-state index in [0.29, 0.717) is 6.20 Å². The summed E-state index contributed by atoms with van der Waals surface area (Å²) in [6.45, 7) is 0. The van der Waals surface area contributed by atoms with Gasteiger partial charge in [0.1, 0.15) is 17.3 Å². The number of aromatic amines is 1. The van der Waals surface area contributed by atoms with E-state index in [1.165, 1.54) is 0 Å². The third kappa shape index (κ3) is 2.98. The highest BCUT2D eigenvalue weighted by Gasteiger charge is 2.30. The van der Waals surface area contributed by atoms with Crippen LogP contribution in [0, 0.1) is 5.82 Å². The minimum atomic E-state index is -4.48. The summed E-state index contributed by atoms with van der Waals surface area (Å²) >= 11 is 0. The Bertz CT molecular complexity index is 843. The second kappa shape index (κ2) is 5.34. The summed E-state index contributed by atoms with van der Waals surface area (Å²) in [5.74, 6) is -0.717. The van der Waals surface area contributed by atoms with Crippen LogP contribution in [0.2, 0.25) is 0 Å². The maximum atomic E-state index is 13.2. The van der Waals surface area contributed by atoms with Gasteiger partial charge in [0.2, 0.25) is 0 Å². The van der Waals surface area contributed by atoms with E-state index in [1.807, 2.05) is 0 Å². The predicted octanol–water partition coefficient (Wildman–Crippen LogP) is 3.40. The van der Waals surface area contributed by atoms with Crippen molar-refractivity contribution in [2.45, 2.75) is 6.18 Å². The van der Waals surface area contributed by atoms with Crippen molar-refractivity contribution in [1.82, 2.24) is 20.2 Å². The van der Waals surface area contributed by atoms with E-state index in [0.717, 1.165) is 30.3 Å². The number of H-pyrrole nitrogens is 1. The quantitative estimate of drug-likeness (QED) is 0.709. The molecule has 0 atom stereocenters. The van der Waals surface area contributed by atoms with Crippen LogP contribution in [0.3, 0.4) is 0 Å². The van der Waals surface area contributed by atoms with E-state index in [-0.39, 0.29) is 28.7 Å². The number of nitrogens with zero attached hydrogens (tertiary/aromatic N) is 3. The van der Waals surface area contributed by atoms with Gasteiger partial charge in [-0.3, -0.25) is 10.1 Å². The third-order valence-electron chi connectivity index (χ3n) is 3.02. The molecule has 3 rings (SSSR count). The van der Waals surface area contributed by atoms with Gasteiger partial charge in [0, 0.05) is 6.20 Å². The van der Waals surface area contributed by atoms with Crippen LogP contribution in [0.25, 0.3) is 22.9 Å². The van der Waals surface area contributed by atoms with Crippen molar-refractivity contribution in [3.8, 4) is 28.7 Å². The molecule has 23 heavy (non-hydrogen) atoms. The number of pyridine rings is 1. The Balaban J connectivity index is 1.94. The molecule has 0 unspecified atom stereocenters. The van der Waals surface area contributed by atoms with Crippen molar-refractivity contribution in [3.63, 3.8) is 0 Å². The third-order valence-corrected chi connectivity index (χ3v) is 3.02. The minimum Gasteiger partial charge on any atom is -0.507 e. The molecule has 1 aromatic carbocycles. The molecule has 0 bridgehead atoms. The highest BCUT2D eigenvalue weighted by Crippen LogP contribution is 2.30. The second-order valence-corrected chi connectivity index (χ2v) is 4.60. The fourth-order valence-electron chi connectivity index (χ4n) is 1.89. The van der Waals surface area contributed by atoms with Crippen molar-refractivity contribution >= 4 is 0 Å². The predicted molar refractivity (Wildman–Crippen MR) is 71.7 cm³/mol. The summed E-state index contributed by atoms with van der Waals surface area (Å²) in [6.07, 6.45) is -3.80. The lowest BCUT2D eigenvalue weighted by atomic mass is 10.2. The lowest BCUT2D eigenvalue weighted by molar-refractivity contribution is -0.137. The Morgan fingerprint density at radius 2 is 1.87 bits per heavy atom. The van der Waals surface area contributed by atoms with E-state index < -0.39 is 17.6 Å². The average Bonchev–Trinajstić information content (AvgIpc) is 2.99. The van der Waals surface area contributed by atoms with Gasteiger partial charge in [0.25, 0.3) is 0 Å². The summed E-state index contributed by atoms with van der Waals surface area (Å²) < 4.78 is 50.7. The summed E-state index contributed by atoms with van der Waals surface area (Å²) in [5.41, 5.74) is -0.698. The van der Waals surface area contributed by atoms with Crippen LogP contribution in [0.5, 0.6) is 5.75 Å². The fraction of sp³-hybridized carbons (Fsp3) is 0.0714. The van der Waals surface area contributed by atoms with Gasteiger partial charge in [-0.1, -0.05) is 0 Å². The molecule has 2 aromatic heterocycles. The molecule has 5 nitrogen and oxygen atoms in total. The molecule has 118 valence electrons. The van der Waals surface area contributed by atoms with Crippen molar-refractivity contribution < 1.29 is 22.7 Å². The second-order valence-electron chi connectivity index (χ2n) is 4.60. The fourth-order valence-corrected chi connectivity index (χ4v) is 1.89. The van der Waals surface area contributed by atoms with Crippen molar-refractivity contribution in [2.75, 3.05) is 0 Å². The zero-order chi connectivity index (χ0) is 16.6. The summed E-state index contributed by atoms with van der Waals surface area (Å²) in [4.78, 5) is 7.68. The molecule has 0 aliphatic rings. The highest BCUT2D eigenvalue weighted by atomic mass is 19.4. The standard InChI is InChI=1S/C14H8F4N4O/c15-8-2-4-11(23)9(5-8)12-20-13(22-21-12)10-3-1-7(6-19-10)14(16,17)18/h1-6,23H,(H,20,21,22). The largest absolute Gasteiger partial charge is 0.507 e. The van der Waals surface area contributed by atoms with Crippen molar-refractivity contribution in [1.29, 1.82) is 0 Å². The van der Waals surface area contributed by atoms with E-state index >= 15 is 0 Å². The molecule has 3 aromatic rings. The number of hydrogen-bond acceptors (Lipinski definition) is 4. The number of nitrogens with one attached hydrogen (secondary N) is 1. The van der Waals surface area contributed by atoms with Crippen molar-refractivity contribution in [2.24, 2.45) is 0 Å². The van der Waals surface area contributed by atoms with Crippen molar-refractivity contribution in [3.05, 3.63) is 47.9 Å². The SMILES string of the molecule is Oc1ccc(F)cc1-c1n[nH]c(-c2ccc(C(F)(F)F)cn2)n1. The molecule has 0 spiro atoms. The Labute approximate surface area is 126 Å². The first kappa shape index (κ1) is 14.9. The smallest absolute Gasteiger partial charge is 0.417 e. The summed E-state index contributed by atoms with van der Waals surface area (Å²) in [7, 11) is 0. The van der Waals surface area contributed by atoms with E-state index in [4.69, 9.17) is 0 Å². The number of benzene rings is 1. The number of halogens is 4. The first-order valence-electron chi connectivity index (χ1n) is 6.29. The number of phenolic OH excluding ortho intramolecular Hbond substituents is 1. The zero-order valence-electron chi connectivity index (χ0n) is 11.3. The number of aromatic nitrogens is 4. The Morgan fingerprint density at radius 3 is 2.52 bits per heavy atom. The minimum absolute atomic E-state index is 0.00121. The van der Waals surface area contributed by atoms with Crippen LogP contribution in [-0.4, -0.2) is 25.3 Å². The monoisotopic (exact) mass is 324 g/mol. The number of rotatable bonds is 2. The van der Waals surface area contributed by atoms with Crippen LogP contribution >= 0.6 is 0 Å². The molecule has 0 fully saturated rings. The van der Waals surface area contributed by atoms with Gasteiger partial charge in [-0.15, -0.1) is 0 Å². The zero-order valence-corrected chi connectivity index (χ0v) is 11.3. The van der Waals surface area contributed by atoms with Crippen LogP contribution in [-0.2, 0) is 6.18 Å². The molecule has 0 aliphatic carbocycles.